The van der Waals surface area contributed by atoms with Gasteiger partial charge in [-0.3, -0.25) is 4.79 Å². The van der Waals surface area contributed by atoms with Crippen molar-refractivity contribution in [3.05, 3.63) is 89.5 Å². The van der Waals surface area contributed by atoms with Crippen molar-refractivity contribution >= 4 is 34.7 Å². The number of aromatic nitrogens is 4. The number of amides is 1. The van der Waals surface area contributed by atoms with Crippen LogP contribution in [-0.4, -0.2) is 25.7 Å². The van der Waals surface area contributed by atoms with Crippen LogP contribution in [0.3, 0.4) is 0 Å². The molecule has 29 heavy (non-hydrogen) atoms. The quantitative estimate of drug-likeness (QED) is 0.507. The molecule has 2 heterocycles. The highest BCUT2D eigenvalue weighted by Gasteiger charge is 2.07. The van der Waals surface area contributed by atoms with Crippen LogP contribution in [0.5, 0.6) is 0 Å². The summed E-state index contributed by atoms with van der Waals surface area (Å²) in [4.78, 5) is 21.1. The molecule has 2 N–H and O–H groups in total. The van der Waals surface area contributed by atoms with E-state index < -0.39 is 0 Å². The third kappa shape index (κ3) is 4.59. The van der Waals surface area contributed by atoms with Crippen LogP contribution in [0.15, 0.2) is 73.1 Å². The molecule has 0 aliphatic heterocycles. The van der Waals surface area contributed by atoms with Gasteiger partial charge in [0.25, 0.3) is 5.91 Å². The second-order valence-corrected chi connectivity index (χ2v) is 6.71. The van der Waals surface area contributed by atoms with Crippen molar-refractivity contribution in [2.75, 3.05) is 10.6 Å². The number of carbonyl (C=O) groups excluding carboxylic acids is 1. The van der Waals surface area contributed by atoms with E-state index in [1.165, 1.54) is 0 Å². The number of halogens is 1. The highest BCUT2D eigenvalue weighted by molar-refractivity contribution is 6.30. The highest BCUT2D eigenvalue weighted by atomic mass is 35.5. The lowest BCUT2D eigenvalue weighted by molar-refractivity contribution is 0.102. The molecule has 0 radical (unpaired) electrons. The van der Waals surface area contributed by atoms with E-state index in [9.17, 15) is 4.79 Å². The van der Waals surface area contributed by atoms with E-state index in [4.69, 9.17) is 11.6 Å². The number of hydrogen-bond donors (Lipinski definition) is 2. The maximum Gasteiger partial charge on any atom is 0.255 e. The summed E-state index contributed by atoms with van der Waals surface area (Å²) in [5.74, 6) is 1.77. The van der Waals surface area contributed by atoms with Gasteiger partial charge in [0.15, 0.2) is 5.82 Å². The summed E-state index contributed by atoms with van der Waals surface area (Å²) in [7, 11) is 0. The Kier molecular flexibility index (Phi) is 5.22. The molecule has 4 aromatic rings. The fourth-order valence-corrected chi connectivity index (χ4v) is 2.85. The SMILES string of the molecule is Cc1nc(Nc2ccc(NC(=O)c3ccc(Cl)cc3)cc2)cc(-n2cccn2)n1. The predicted octanol–water partition coefficient (Wildman–Crippen LogP) is 4.62. The summed E-state index contributed by atoms with van der Waals surface area (Å²) in [6, 6.07) is 17.7. The van der Waals surface area contributed by atoms with Crippen LogP contribution in [0.2, 0.25) is 5.02 Å². The van der Waals surface area contributed by atoms with Gasteiger partial charge in [-0.2, -0.15) is 5.10 Å². The first-order valence-electron chi connectivity index (χ1n) is 8.86. The van der Waals surface area contributed by atoms with Gasteiger partial charge in [-0.15, -0.1) is 0 Å². The van der Waals surface area contributed by atoms with E-state index in [0.29, 0.717) is 33.7 Å². The molecule has 4 rings (SSSR count). The van der Waals surface area contributed by atoms with Crippen LogP contribution in [0, 0.1) is 6.92 Å². The fourth-order valence-electron chi connectivity index (χ4n) is 2.73. The summed E-state index contributed by atoms with van der Waals surface area (Å²) < 4.78 is 1.68. The second kappa shape index (κ2) is 8.12. The maximum absolute atomic E-state index is 12.3. The Morgan fingerprint density at radius 1 is 1.00 bits per heavy atom. The van der Waals surface area contributed by atoms with Crippen LogP contribution < -0.4 is 10.6 Å². The Balaban J connectivity index is 1.46. The Morgan fingerprint density at radius 3 is 2.41 bits per heavy atom. The molecule has 0 unspecified atom stereocenters. The first-order valence-corrected chi connectivity index (χ1v) is 9.24. The Bertz CT molecular complexity index is 1130. The molecule has 0 saturated carbocycles. The molecule has 144 valence electrons. The molecular formula is C21H17ClN6O. The normalized spacial score (nSPS) is 10.6. The minimum atomic E-state index is -0.197. The van der Waals surface area contributed by atoms with Crippen molar-refractivity contribution in [1.29, 1.82) is 0 Å². The van der Waals surface area contributed by atoms with E-state index in [-0.39, 0.29) is 5.91 Å². The van der Waals surface area contributed by atoms with Gasteiger partial charge in [0.2, 0.25) is 0 Å². The van der Waals surface area contributed by atoms with Crippen LogP contribution in [0.4, 0.5) is 17.2 Å². The van der Waals surface area contributed by atoms with Crippen molar-refractivity contribution < 1.29 is 4.79 Å². The number of rotatable bonds is 5. The number of carbonyl (C=O) groups is 1. The van der Waals surface area contributed by atoms with Crippen molar-refractivity contribution in [2.45, 2.75) is 6.92 Å². The van der Waals surface area contributed by atoms with Crippen molar-refractivity contribution in [1.82, 2.24) is 19.7 Å². The Morgan fingerprint density at radius 2 is 1.72 bits per heavy atom. The first kappa shape index (κ1) is 18.6. The molecule has 0 bridgehead atoms. The van der Waals surface area contributed by atoms with Gasteiger partial charge in [0, 0.05) is 40.4 Å². The van der Waals surface area contributed by atoms with E-state index >= 15 is 0 Å². The Labute approximate surface area is 172 Å². The summed E-state index contributed by atoms with van der Waals surface area (Å²) in [6.45, 7) is 1.83. The summed E-state index contributed by atoms with van der Waals surface area (Å²) >= 11 is 5.86. The molecular weight excluding hydrogens is 388 g/mol. The van der Waals surface area contributed by atoms with Crippen molar-refractivity contribution in [2.24, 2.45) is 0 Å². The maximum atomic E-state index is 12.3. The van der Waals surface area contributed by atoms with Crippen LogP contribution in [-0.2, 0) is 0 Å². The number of aryl methyl sites for hydroxylation is 1. The zero-order valence-electron chi connectivity index (χ0n) is 15.5. The van der Waals surface area contributed by atoms with Gasteiger partial charge in [-0.25, -0.2) is 14.6 Å². The fraction of sp³-hybridized carbons (Fsp3) is 0.0476. The van der Waals surface area contributed by atoms with Gasteiger partial charge in [-0.1, -0.05) is 11.6 Å². The molecule has 0 aliphatic rings. The highest BCUT2D eigenvalue weighted by Crippen LogP contribution is 2.20. The van der Waals surface area contributed by atoms with E-state index in [1.54, 1.807) is 35.1 Å². The molecule has 0 fully saturated rings. The number of nitrogens with one attached hydrogen (secondary N) is 2. The van der Waals surface area contributed by atoms with E-state index in [1.807, 2.05) is 49.5 Å². The number of nitrogens with zero attached hydrogens (tertiary/aromatic N) is 4. The zero-order valence-corrected chi connectivity index (χ0v) is 16.3. The lowest BCUT2D eigenvalue weighted by Crippen LogP contribution is -2.11. The molecule has 7 nitrogen and oxygen atoms in total. The monoisotopic (exact) mass is 404 g/mol. The molecule has 0 aliphatic carbocycles. The first-order chi connectivity index (χ1) is 14.1. The van der Waals surface area contributed by atoms with Crippen molar-refractivity contribution in [3.8, 4) is 5.82 Å². The van der Waals surface area contributed by atoms with Crippen molar-refractivity contribution in [3.63, 3.8) is 0 Å². The van der Waals surface area contributed by atoms with Crippen LogP contribution in [0.25, 0.3) is 5.82 Å². The third-order valence-electron chi connectivity index (χ3n) is 4.09. The van der Waals surface area contributed by atoms with E-state index in [2.05, 4.69) is 25.7 Å². The second-order valence-electron chi connectivity index (χ2n) is 6.27. The van der Waals surface area contributed by atoms with E-state index in [0.717, 1.165) is 5.69 Å². The van der Waals surface area contributed by atoms with Gasteiger partial charge in [0.05, 0.1) is 0 Å². The number of anilines is 3. The molecule has 2 aromatic heterocycles. The molecule has 2 aromatic carbocycles. The van der Waals surface area contributed by atoms with Gasteiger partial charge in [-0.05, 0) is 61.5 Å². The molecule has 8 heteroatoms. The largest absolute Gasteiger partial charge is 0.340 e. The van der Waals surface area contributed by atoms with Gasteiger partial charge >= 0.3 is 0 Å². The topological polar surface area (TPSA) is 84.7 Å². The zero-order chi connectivity index (χ0) is 20.2. The minimum absolute atomic E-state index is 0.197. The molecule has 0 atom stereocenters. The Hall–Kier alpha value is -3.71. The lowest BCUT2D eigenvalue weighted by Gasteiger charge is -2.10. The smallest absolute Gasteiger partial charge is 0.255 e. The van der Waals surface area contributed by atoms with Gasteiger partial charge in [0.1, 0.15) is 11.6 Å². The molecule has 0 saturated heterocycles. The molecule has 0 spiro atoms. The van der Waals surface area contributed by atoms with Crippen LogP contribution >= 0.6 is 11.6 Å². The predicted molar refractivity (Wildman–Crippen MR) is 113 cm³/mol. The number of hydrogen-bond acceptors (Lipinski definition) is 5. The standard InChI is InChI=1S/C21H17ClN6O/c1-14-24-19(13-20(25-14)28-12-2-11-23-28)26-17-7-9-18(10-8-17)27-21(29)15-3-5-16(22)6-4-15/h2-13H,1H3,(H,27,29)(H,24,25,26). The van der Waals surface area contributed by atoms with Gasteiger partial charge < -0.3 is 10.6 Å². The average Bonchev–Trinajstić information content (AvgIpc) is 3.24. The summed E-state index contributed by atoms with van der Waals surface area (Å²) in [5.41, 5.74) is 2.06. The summed E-state index contributed by atoms with van der Waals surface area (Å²) in [5, 5.41) is 10.9. The number of benzene rings is 2. The average molecular weight is 405 g/mol. The lowest BCUT2D eigenvalue weighted by atomic mass is 10.2. The minimum Gasteiger partial charge on any atom is -0.340 e. The molecule has 1 amide bonds. The van der Waals surface area contributed by atoms with Crippen LogP contribution in [0.1, 0.15) is 16.2 Å². The third-order valence-corrected chi connectivity index (χ3v) is 4.34. The summed E-state index contributed by atoms with van der Waals surface area (Å²) in [6.07, 6.45) is 3.52.